The van der Waals surface area contributed by atoms with Crippen LogP contribution in [0.15, 0.2) is 66.9 Å². The molecule has 9 nitrogen and oxygen atoms in total. The van der Waals surface area contributed by atoms with Crippen LogP contribution >= 0.6 is 11.6 Å². The van der Waals surface area contributed by atoms with Crippen LogP contribution in [0.2, 0.25) is 5.02 Å². The second-order valence-electron chi connectivity index (χ2n) is 7.69. The smallest absolute Gasteiger partial charge is 0.211 e. The molecule has 176 valence electrons. The largest absolute Gasteiger partial charge is 0.397 e. The molecule has 0 saturated carbocycles. The lowest BCUT2D eigenvalue weighted by Crippen LogP contribution is -2.26. The fraction of sp³-hybridized carbons (Fsp3) is 0.0800. The molecule has 0 aliphatic heterocycles. The van der Waals surface area contributed by atoms with Gasteiger partial charge in [-0.15, -0.1) is 0 Å². The van der Waals surface area contributed by atoms with E-state index in [2.05, 4.69) is 21.8 Å². The van der Waals surface area contributed by atoms with E-state index in [4.69, 9.17) is 28.4 Å². The molecule has 0 radical (unpaired) electrons. The summed E-state index contributed by atoms with van der Waals surface area (Å²) in [6.45, 7) is 0.469. The highest BCUT2D eigenvalue weighted by atomic mass is 35.5. The number of hydrazine groups is 1. The van der Waals surface area contributed by atoms with Gasteiger partial charge in [-0.2, -0.15) is 10.4 Å². The van der Waals surface area contributed by atoms with Gasteiger partial charge in [-0.25, -0.2) is 5.84 Å². The summed E-state index contributed by atoms with van der Waals surface area (Å²) in [6, 6.07) is 20.2. The summed E-state index contributed by atoms with van der Waals surface area (Å²) in [4.78, 5) is 10.9. The third kappa shape index (κ3) is 4.89. The van der Waals surface area contributed by atoms with Gasteiger partial charge in [0.2, 0.25) is 6.41 Å². The SMILES string of the molecule is CNc1cc(N(N)c2cc(-c3c(Cl)cnn3Cc3ccc(C#N)cc3)ccc2N)ccc1NC=O. The molecule has 35 heavy (non-hydrogen) atoms. The van der Waals surface area contributed by atoms with Crippen LogP contribution in [-0.4, -0.2) is 23.2 Å². The average Bonchev–Trinajstić information content (AvgIpc) is 3.24. The molecule has 0 fully saturated rings. The van der Waals surface area contributed by atoms with Gasteiger partial charge in [0.15, 0.2) is 0 Å². The first-order valence-electron chi connectivity index (χ1n) is 10.6. The van der Waals surface area contributed by atoms with Crippen LogP contribution in [0.3, 0.4) is 0 Å². The number of nitriles is 1. The Bertz CT molecular complexity index is 1410. The van der Waals surface area contributed by atoms with Crippen molar-refractivity contribution in [3.63, 3.8) is 0 Å². The Morgan fingerprint density at radius 1 is 1.14 bits per heavy atom. The maximum atomic E-state index is 10.9. The molecule has 0 spiro atoms. The van der Waals surface area contributed by atoms with Gasteiger partial charge in [0.05, 0.1) is 63.5 Å². The summed E-state index contributed by atoms with van der Waals surface area (Å²) in [5, 5.41) is 21.1. The lowest BCUT2D eigenvalue weighted by atomic mass is 10.1. The number of nitrogens with one attached hydrogen (secondary N) is 2. The van der Waals surface area contributed by atoms with E-state index in [-0.39, 0.29) is 0 Å². The van der Waals surface area contributed by atoms with Crippen molar-refractivity contribution >= 4 is 46.4 Å². The first-order valence-corrected chi connectivity index (χ1v) is 11.0. The fourth-order valence-electron chi connectivity index (χ4n) is 3.74. The quantitative estimate of drug-likeness (QED) is 0.126. The minimum Gasteiger partial charge on any atom is -0.397 e. The van der Waals surface area contributed by atoms with Gasteiger partial charge in [0.1, 0.15) is 0 Å². The van der Waals surface area contributed by atoms with Crippen LogP contribution in [0, 0.1) is 11.3 Å². The molecule has 1 heterocycles. The number of aromatic nitrogens is 2. The summed E-state index contributed by atoms with van der Waals surface area (Å²) in [5.41, 5.74) is 12.4. The number of anilines is 5. The van der Waals surface area contributed by atoms with Gasteiger partial charge < -0.3 is 16.4 Å². The van der Waals surface area contributed by atoms with E-state index in [1.54, 1.807) is 54.3 Å². The van der Waals surface area contributed by atoms with Crippen molar-refractivity contribution in [2.75, 3.05) is 28.4 Å². The Kier molecular flexibility index (Phi) is 6.87. The lowest BCUT2D eigenvalue weighted by Gasteiger charge is -2.23. The van der Waals surface area contributed by atoms with Gasteiger partial charge in [-0.1, -0.05) is 29.8 Å². The molecular weight excluding hydrogens is 464 g/mol. The molecule has 0 atom stereocenters. The third-order valence-electron chi connectivity index (χ3n) is 5.54. The molecule has 4 aromatic rings. The zero-order valence-corrected chi connectivity index (χ0v) is 19.6. The molecule has 3 aromatic carbocycles. The van der Waals surface area contributed by atoms with E-state index in [1.807, 2.05) is 24.3 Å². The van der Waals surface area contributed by atoms with Gasteiger partial charge >= 0.3 is 0 Å². The summed E-state index contributed by atoms with van der Waals surface area (Å²) < 4.78 is 1.79. The van der Waals surface area contributed by atoms with Crippen LogP contribution < -0.4 is 27.2 Å². The Morgan fingerprint density at radius 3 is 2.60 bits per heavy atom. The van der Waals surface area contributed by atoms with Crippen molar-refractivity contribution in [2.45, 2.75) is 6.54 Å². The summed E-state index contributed by atoms with van der Waals surface area (Å²) in [7, 11) is 1.75. The third-order valence-corrected chi connectivity index (χ3v) is 5.82. The zero-order chi connectivity index (χ0) is 24.9. The molecule has 4 rings (SSSR count). The van der Waals surface area contributed by atoms with Crippen LogP contribution in [0.4, 0.5) is 28.4 Å². The van der Waals surface area contributed by atoms with Crippen LogP contribution in [0.25, 0.3) is 11.3 Å². The second kappa shape index (κ2) is 10.2. The van der Waals surface area contributed by atoms with Gasteiger partial charge in [0.25, 0.3) is 0 Å². The number of carbonyl (C=O) groups excluding carboxylic acids is 1. The van der Waals surface area contributed by atoms with Gasteiger partial charge in [0, 0.05) is 12.6 Å². The Labute approximate surface area is 207 Å². The Morgan fingerprint density at radius 2 is 1.91 bits per heavy atom. The zero-order valence-electron chi connectivity index (χ0n) is 18.9. The number of benzene rings is 3. The Balaban J connectivity index is 1.69. The molecule has 10 heteroatoms. The van der Waals surface area contributed by atoms with E-state index >= 15 is 0 Å². The highest BCUT2D eigenvalue weighted by Gasteiger charge is 2.17. The maximum Gasteiger partial charge on any atom is 0.211 e. The molecule has 1 amide bonds. The van der Waals surface area contributed by atoms with Gasteiger partial charge in [-0.3, -0.25) is 14.5 Å². The summed E-state index contributed by atoms with van der Waals surface area (Å²) in [6.07, 6.45) is 2.21. The molecule has 6 N–H and O–H groups in total. The number of hydrogen-bond donors (Lipinski definition) is 4. The van der Waals surface area contributed by atoms with Crippen molar-refractivity contribution in [2.24, 2.45) is 5.84 Å². The summed E-state index contributed by atoms with van der Waals surface area (Å²) in [5.74, 6) is 6.47. The van der Waals surface area contributed by atoms with Crippen LogP contribution in [0.1, 0.15) is 11.1 Å². The number of nitrogen functional groups attached to an aromatic ring is 1. The number of nitrogens with two attached hydrogens (primary N) is 2. The number of hydrogen-bond acceptors (Lipinski definition) is 7. The van der Waals surface area contributed by atoms with Crippen molar-refractivity contribution in [3.05, 3.63) is 83.0 Å². The first-order chi connectivity index (χ1) is 16.9. The molecule has 1 aromatic heterocycles. The fourth-order valence-corrected chi connectivity index (χ4v) is 3.99. The highest BCUT2D eigenvalue weighted by Crippen LogP contribution is 2.37. The standard InChI is InChI=1S/C25H23ClN8O/c1-30-23-11-19(7-9-22(23)31-15-35)34(29)24-10-18(6-8-21(24)28)25-20(26)13-32-33(25)14-17-4-2-16(12-27)3-5-17/h2-11,13,15,30H,14,28-29H2,1H3,(H,31,35). The average molecular weight is 487 g/mol. The Hall–Kier alpha value is -4.52. The van der Waals surface area contributed by atoms with Crippen molar-refractivity contribution in [1.82, 2.24) is 9.78 Å². The monoisotopic (exact) mass is 486 g/mol. The van der Waals surface area contributed by atoms with Crippen molar-refractivity contribution < 1.29 is 4.79 Å². The number of nitrogens with zero attached hydrogens (tertiary/aromatic N) is 4. The number of carbonyl (C=O) groups is 1. The first kappa shape index (κ1) is 23.6. The van der Waals surface area contributed by atoms with E-state index in [1.165, 1.54) is 5.01 Å². The topological polar surface area (TPSA) is 138 Å². The second-order valence-corrected chi connectivity index (χ2v) is 8.10. The molecular formula is C25H23ClN8O. The molecule has 0 aliphatic carbocycles. The van der Waals surface area contributed by atoms with E-state index in [9.17, 15) is 4.79 Å². The van der Waals surface area contributed by atoms with Crippen molar-refractivity contribution in [1.29, 1.82) is 5.26 Å². The minimum absolute atomic E-state index is 0.469. The van der Waals surface area contributed by atoms with Crippen molar-refractivity contribution in [3.8, 4) is 17.3 Å². The minimum atomic E-state index is 0.469. The number of rotatable bonds is 8. The molecule has 0 unspecified atom stereocenters. The predicted octanol–water partition coefficient (Wildman–Crippen LogP) is 4.33. The lowest BCUT2D eigenvalue weighted by molar-refractivity contribution is -0.105. The predicted molar refractivity (Wildman–Crippen MR) is 139 cm³/mol. The van der Waals surface area contributed by atoms with Crippen LogP contribution in [-0.2, 0) is 11.3 Å². The van der Waals surface area contributed by atoms with Crippen LogP contribution in [0.5, 0.6) is 0 Å². The number of halogens is 1. The molecule has 0 bridgehead atoms. The normalized spacial score (nSPS) is 10.5. The maximum absolute atomic E-state index is 10.9. The molecule has 0 saturated heterocycles. The van der Waals surface area contributed by atoms with E-state index in [0.717, 1.165) is 11.1 Å². The molecule has 0 aliphatic rings. The number of amides is 1. The highest BCUT2D eigenvalue weighted by molar-refractivity contribution is 6.33. The van der Waals surface area contributed by atoms with Gasteiger partial charge in [-0.05, 0) is 48.0 Å². The van der Waals surface area contributed by atoms with E-state index < -0.39 is 0 Å². The summed E-state index contributed by atoms with van der Waals surface area (Å²) >= 11 is 6.52. The van der Waals surface area contributed by atoms with E-state index in [0.29, 0.717) is 57.7 Å².